The molecular weight excluding hydrogens is 676 g/mol. The fraction of sp³-hybridized carbons (Fsp3) is 0.535. The molecule has 2 fully saturated rings. The average Bonchev–Trinajstić information content (AvgIpc) is 3.44. The molecule has 1 heterocycles. The summed E-state index contributed by atoms with van der Waals surface area (Å²) in [5, 5.41) is 43.5. The highest BCUT2D eigenvalue weighted by atomic mass is 16.8. The molecule has 1 aliphatic heterocycles. The van der Waals surface area contributed by atoms with Gasteiger partial charge in [-0.15, -0.1) is 72.1 Å². The lowest BCUT2D eigenvalue weighted by Crippen LogP contribution is -2.61. The monoisotopic (exact) mass is 742 g/mol. The van der Waals surface area contributed by atoms with Crippen LogP contribution >= 0.6 is 0 Å². The molecule has 298 valence electrons. The van der Waals surface area contributed by atoms with Gasteiger partial charge in [-0.2, -0.15) is 0 Å². The Labute approximate surface area is 319 Å². The average molecular weight is 743 g/mol. The van der Waals surface area contributed by atoms with Crippen molar-refractivity contribution in [3.8, 4) is 12.8 Å². The number of hydrogen-bond donors (Lipinski definition) is 4. The quantitative estimate of drug-likeness (QED) is 0.0658. The lowest BCUT2D eigenvalue weighted by molar-refractivity contribution is -0.322. The Morgan fingerprint density at radius 1 is 0.660 bits per heavy atom. The molecule has 2 rings (SSSR count). The number of aliphatic hydroxyl groups is 4. The van der Waals surface area contributed by atoms with Gasteiger partial charge in [-0.3, -0.25) is 0 Å². The third-order valence-electron chi connectivity index (χ3n) is 8.81. The molecule has 0 radical (unpaired) electrons. The molecule has 0 aromatic heterocycles. The van der Waals surface area contributed by atoms with Crippen molar-refractivity contribution in [2.45, 2.75) is 106 Å². The molecule has 2 aliphatic rings. The molecular formula is C43H66O10. The standard InChI is InChI=1S/C37H56O10.C4H8.C2H2/c1-9-17-42-33-30(22-25(21-26(38)13-5)32(29(41)16-8)35(33)44-19-11-3)46-37(24-28(40)15-7)36(45-20-12-4)34(43-18-10-2)31(47-37)23-27(39)14-6;1-3-4-2;1-2/h9-16,25-36,38-41H,1-8,17-24H2;3H,1,4H2,2H3;1-2H/t25-,26?,27?,28?,29?,30-,31+,32-,33-,34+,35-,36-,37+;;/m0../s1. The first-order chi connectivity index (χ1) is 25.5. The third-order valence-corrected chi connectivity index (χ3v) is 8.81. The molecule has 53 heavy (non-hydrogen) atoms. The Balaban J connectivity index is 0.00000420. The van der Waals surface area contributed by atoms with E-state index in [1.165, 1.54) is 24.3 Å². The highest BCUT2D eigenvalue weighted by Crippen LogP contribution is 2.47. The maximum atomic E-state index is 11.2. The molecule has 13 atom stereocenters. The first-order valence-electron chi connectivity index (χ1n) is 17.9. The Morgan fingerprint density at radius 3 is 1.60 bits per heavy atom. The van der Waals surface area contributed by atoms with Crippen molar-refractivity contribution in [3.05, 3.63) is 114 Å². The van der Waals surface area contributed by atoms with Crippen molar-refractivity contribution in [2.24, 2.45) is 11.8 Å². The Bertz CT molecular complexity index is 1140. The van der Waals surface area contributed by atoms with Gasteiger partial charge in [-0.1, -0.05) is 61.6 Å². The number of ether oxygens (including phenoxy) is 6. The number of aliphatic hydroxyl groups excluding tert-OH is 4. The first-order valence-corrected chi connectivity index (χ1v) is 17.9. The molecule has 1 aliphatic carbocycles. The summed E-state index contributed by atoms with van der Waals surface area (Å²) in [6.07, 6.45) is 14.7. The fourth-order valence-electron chi connectivity index (χ4n) is 6.52. The van der Waals surface area contributed by atoms with Crippen molar-refractivity contribution in [2.75, 3.05) is 26.4 Å². The van der Waals surface area contributed by atoms with Crippen molar-refractivity contribution in [3.63, 3.8) is 0 Å². The minimum absolute atomic E-state index is 0.0991. The summed E-state index contributed by atoms with van der Waals surface area (Å²) in [6, 6.07) is 0. The zero-order chi connectivity index (χ0) is 40.4. The van der Waals surface area contributed by atoms with E-state index in [1.54, 1.807) is 24.3 Å². The summed E-state index contributed by atoms with van der Waals surface area (Å²) in [4.78, 5) is 0. The van der Waals surface area contributed by atoms with Gasteiger partial charge in [-0.25, -0.2) is 0 Å². The predicted octanol–water partition coefficient (Wildman–Crippen LogP) is 5.58. The Morgan fingerprint density at radius 2 is 1.13 bits per heavy atom. The first kappa shape index (κ1) is 49.8. The zero-order valence-corrected chi connectivity index (χ0v) is 31.7. The minimum Gasteiger partial charge on any atom is -0.389 e. The van der Waals surface area contributed by atoms with Crippen molar-refractivity contribution >= 4 is 0 Å². The normalized spacial score (nSPS) is 29.9. The van der Waals surface area contributed by atoms with Crippen LogP contribution in [0.5, 0.6) is 0 Å². The van der Waals surface area contributed by atoms with Gasteiger partial charge >= 0.3 is 0 Å². The van der Waals surface area contributed by atoms with Crippen LogP contribution in [0.2, 0.25) is 0 Å². The summed E-state index contributed by atoms with van der Waals surface area (Å²) in [7, 11) is 0. The SMILES string of the molecule is C#C.C=CCC.C=CCO[C@@H]1[C@@H](OCC=C)[C@@H](O[C@]2(CC(O)C=C)O[C@H](CC(O)C=C)[C@@H](OCC=C)[C@@H]2OCC=C)C[C@H](CC(O)C=C)[C@H]1C(O)C=C. The predicted molar refractivity (Wildman–Crippen MR) is 213 cm³/mol. The Kier molecular flexibility index (Phi) is 26.6. The van der Waals surface area contributed by atoms with E-state index in [4.69, 9.17) is 28.4 Å². The van der Waals surface area contributed by atoms with Crippen LogP contribution in [-0.2, 0) is 28.4 Å². The summed E-state index contributed by atoms with van der Waals surface area (Å²) in [5.41, 5.74) is 0. The van der Waals surface area contributed by atoms with Crippen LogP contribution in [0.3, 0.4) is 0 Å². The molecule has 1 saturated heterocycles. The van der Waals surface area contributed by atoms with E-state index >= 15 is 0 Å². The molecule has 0 aromatic rings. The molecule has 4 N–H and O–H groups in total. The third kappa shape index (κ3) is 15.6. The molecule has 0 aromatic carbocycles. The molecule has 1 saturated carbocycles. The van der Waals surface area contributed by atoms with E-state index in [2.05, 4.69) is 79.0 Å². The van der Waals surface area contributed by atoms with Crippen LogP contribution < -0.4 is 0 Å². The summed E-state index contributed by atoms with van der Waals surface area (Å²) in [5.74, 6) is -2.59. The van der Waals surface area contributed by atoms with Gasteiger partial charge in [0.2, 0.25) is 5.79 Å². The van der Waals surface area contributed by atoms with Crippen LogP contribution in [0.1, 0.15) is 39.0 Å². The molecule has 0 spiro atoms. The second kappa shape index (κ2) is 28.3. The topological polar surface area (TPSA) is 136 Å². The van der Waals surface area contributed by atoms with Crippen molar-refractivity contribution < 1.29 is 48.8 Å². The molecule has 10 nitrogen and oxygen atoms in total. The smallest absolute Gasteiger partial charge is 0.200 e. The van der Waals surface area contributed by atoms with Gasteiger partial charge in [-0.05, 0) is 25.2 Å². The Hall–Kier alpha value is -3.18. The molecule has 10 heteroatoms. The van der Waals surface area contributed by atoms with E-state index in [0.29, 0.717) is 0 Å². The second-order valence-electron chi connectivity index (χ2n) is 12.5. The zero-order valence-electron chi connectivity index (χ0n) is 31.7. The van der Waals surface area contributed by atoms with E-state index in [0.717, 1.165) is 6.42 Å². The van der Waals surface area contributed by atoms with Crippen LogP contribution in [0.25, 0.3) is 0 Å². The van der Waals surface area contributed by atoms with Gasteiger partial charge in [0, 0.05) is 18.8 Å². The summed E-state index contributed by atoms with van der Waals surface area (Å²) >= 11 is 0. The molecule has 0 bridgehead atoms. The van der Waals surface area contributed by atoms with Crippen molar-refractivity contribution in [1.29, 1.82) is 0 Å². The number of hydrogen-bond acceptors (Lipinski definition) is 10. The lowest BCUT2D eigenvalue weighted by Gasteiger charge is -2.50. The van der Waals surface area contributed by atoms with E-state index in [9.17, 15) is 20.4 Å². The summed E-state index contributed by atoms with van der Waals surface area (Å²) in [6.45, 7) is 36.2. The largest absolute Gasteiger partial charge is 0.389 e. The number of terminal acetylenes is 1. The lowest BCUT2D eigenvalue weighted by atomic mass is 9.69. The van der Waals surface area contributed by atoms with Crippen LogP contribution in [0.15, 0.2) is 114 Å². The van der Waals surface area contributed by atoms with Gasteiger partial charge in [0.15, 0.2) is 0 Å². The highest BCUT2D eigenvalue weighted by molar-refractivity contribution is 5.08. The molecule has 4 unspecified atom stereocenters. The minimum atomic E-state index is -1.66. The van der Waals surface area contributed by atoms with Gasteiger partial charge in [0.25, 0.3) is 0 Å². The highest BCUT2D eigenvalue weighted by Gasteiger charge is 2.61. The van der Waals surface area contributed by atoms with E-state index < -0.39 is 72.7 Å². The number of rotatable bonds is 26. The fourth-order valence-corrected chi connectivity index (χ4v) is 6.52. The van der Waals surface area contributed by atoms with Crippen LogP contribution in [0, 0.1) is 24.7 Å². The van der Waals surface area contributed by atoms with Crippen LogP contribution in [0.4, 0.5) is 0 Å². The van der Waals surface area contributed by atoms with Crippen LogP contribution in [-0.4, -0.2) is 114 Å². The number of allylic oxidation sites excluding steroid dienone is 1. The van der Waals surface area contributed by atoms with Gasteiger partial charge in [0.05, 0.1) is 69.2 Å². The van der Waals surface area contributed by atoms with Crippen molar-refractivity contribution in [1.82, 2.24) is 0 Å². The van der Waals surface area contributed by atoms with E-state index in [-0.39, 0.29) is 58.0 Å². The second-order valence-corrected chi connectivity index (χ2v) is 12.5. The molecule has 0 amide bonds. The van der Waals surface area contributed by atoms with Gasteiger partial charge in [0.1, 0.15) is 18.3 Å². The maximum Gasteiger partial charge on any atom is 0.200 e. The summed E-state index contributed by atoms with van der Waals surface area (Å²) < 4.78 is 38.9. The maximum absolute atomic E-state index is 11.2. The van der Waals surface area contributed by atoms with Gasteiger partial charge < -0.3 is 48.8 Å². The van der Waals surface area contributed by atoms with E-state index in [1.807, 2.05) is 6.08 Å².